The summed E-state index contributed by atoms with van der Waals surface area (Å²) >= 11 is 0. The Labute approximate surface area is 172 Å². The van der Waals surface area contributed by atoms with E-state index in [2.05, 4.69) is 10.6 Å². The highest BCUT2D eigenvalue weighted by atomic mass is 16.5. The van der Waals surface area contributed by atoms with Gasteiger partial charge in [-0.1, -0.05) is 19.3 Å². The summed E-state index contributed by atoms with van der Waals surface area (Å²) in [6.45, 7) is 1.24. The third kappa shape index (κ3) is 5.81. The number of likely N-dealkylation sites (tertiary alicyclic amines) is 1. The Morgan fingerprint density at radius 2 is 1.79 bits per heavy atom. The lowest BCUT2D eigenvalue weighted by molar-refractivity contribution is -0.137. The van der Waals surface area contributed by atoms with Gasteiger partial charge in [-0.25, -0.2) is 4.79 Å². The standard InChI is InChI=1S/C20H35N3O6/c1-28-12-14-8-5-9-23(14)17(24)10-15-18(25)19(26)16(29-15)11-21-20(27)22-13-6-3-2-4-7-13/h13-16,18-19,25-26H,2-12H2,1H3,(H2,21,22,27). The van der Waals surface area contributed by atoms with Crippen LogP contribution in [0.4, 0.5) is 4.79 Å². The molecule has 0 bridgehead atoms. The minimum Gasteiger partial charge on any atom is -0.388 e. The van der Waals surface area contributed by atoms with Crippen LogP contribution < -0.4 is 10.6 Å². The number of aliphatic hydroxyl groups excluding tert-OH is 2. The molecule has 2 aliphatic heterocycles. The van der Waals surface area contributed by atoms with Crippen molar-refractivity contribution in [1.29, 1.82) is 0 Å². The SMILES string of the molecule is COCC1CCCN1C(=O)CC1OC(CNC(=O)NC2CCCCC2)C(O)C1O. The van der Waals surface area contributed by atoms with Gasteiger partial charge in [-0.2, -0.15) is 0 Å². The summed E-state index contributed by atoms with van der Waals surface area (Å²) in [7, 11) is 1.61. The Bertz CT molecular complexity index is 556. The molecule has 3 amide bonds. The van der Waals surface area contributed by atoms with Crippen LogP contribution in [0.2, 0.25) is 0 Å². The predicted octanol–water partition coefficient (Wildman–Crippen LogP) is 0.135. The molecule has 0 aromatic heterocycles. The smallest absolute Gasteiger partial charge is 0.315 e. The summed E-state index contributed by atoms with van der Waals surface area (Å²) in [5, 5.41) is 26.3. The summed E-state index contributed by atoms with van der Waals surface area (Å²) in [6.07, 6.45) is 3.44. The fourth-order valence-corrected chi connectivity index (χ4v) is 4.66. The van der Waals surface area contributed by atoms with Gasteiger partial charge in [-0.15, -0.1) is 0 Å². The Kier molecular flexibility index (Phi) is 8.11. The van der Waals surface area contributed by atoms with Crippen molar-refractivity contribution in [2.45, 2.75) is 87.9 Å². The van der Waals surface area contributed by atoms with Gasteiger partial charge in [-0.05, 0) is 25.7 Å². The number of amides is 3. The fourth-order valence-electron chi connectivity index (χ4n) is 4.66. The molecule has 0 aromatic carbocycles. The molecule has 2 saturated heterocycles. The Hall–Kier alpha value is -1.42. The number of aliphatic hydroxyl groups is 2. The van der Waals surface area contributed by atoms with Crippen molar-refractivity contribution < 1.29 is 29.3 Å². The van der Waals surface area contributed by atoms with Gasteiger partial charge < -0.3 is 35.2 Å². The Morgan fingerprint density at radius 1 is 1.07 bits per heavy atom. The zero-order valence-electron chi connectivity index (χ0n) is 17.2. The van der Waals surface area contributed by atoms with Gasteiger partial charge in [0.15, 0.2) is 0 Å². The number of urea groups is 1. The zero-order valence-corrected chi connectivity index (χ0v) is 17.2. The van der Waals surface area contributed by atoms with Crippen molar-refractivity contribution in [2.75, 3.05) is 26.8 Å². The highest BCUT2D eigenvalue weighted by Gasteiger charge is 2.44. The first-order valence-corrected chi connectivity index (χ1v) is 10.8. The first-order valence-electron chi connectivity index (χ1n) is 10.8. The van der Waals surface area contributed by atoms with Gasteiger partial charge >= 0.3 is 6.03 Å². The average molecular weight is 414 g/mol. The van der Waals surface area contributed by atoms with Gasteiger partial charge in [0.2, 0.25) is 5.91 Å². The molecule has 5 atom stereocenters. The summed E-state index contributed by atoms with van der Waals surface area (Å²) in [5.41, 5.74) is 0. The molecule has 166 valence electrons. The van der Waals surface area contributed by atoms with Crippen molar-refractivity contribution >= 4 is 11.9 Å². The summed E-state index contributed by atoms with van der Waals surface area (Å²) in [4.78, 5) is 26.5. The maximum absolute atomic E-state index is 12.7. The van der Waals surface area contributed by atoms with Crippen LogP contribution in [0.3, 0.4) is 0 Å². The predicted molar refractivity (Wildman–Crippen MR) is 105 cm³/mol. The average Bonchev–Trinajstić information content (AvgIpc) is 3.28. The van der Waals surface area contributed by atoms with E-state index in [0.29, 0.717) is 13.2 Å². The van der Waals surface area contributed by atoms with Crippen LogP contribution in [0, 0.1) is 0 Å². The lowest BCUT2D eigenvalue weighted by Gasteiger charge is -2.26. The van der Waals surface area contributed by atoms with E-state index >= 15 is 0 Å². The van der Waals surface area contributed by atoms with Crippen LogP contribution in [0.25, 0.3) is 0 Å². The van der Waals surface area contributed by atoms with E-state index in [-0.39, 0.29) is 37.0 Å². The van der Waals surface area contributed by atoms with Crippen molar-refractivity contribution in [2.24, 2.45) is 0 Å². The molecular formula is C20H35N3O6. The second-order valence-corrected chi connectivity index (χ2v) is 8.43. The molecule has 3 fully saturated rings. The number of hydrogen-bond acceptors (Lipinski definition) is 6. The minimum absolute atomic E-state index is 0.00319. The molecule has 0 aromatic rings. The Morgan fingerprint density at radius 3 is 2.52 bits per heavy atom. The first kappa shape index (κ1) is 22.3. The van der Waals surface area contributed by atoms with Gasteiger partial charge in [0.05, 0.1) is 25.2 Å². The first-order chi connectivity index (χ1) is 14.0. The molecule has 1 saturated carbocycles. The molecule has 3 aliphatic rings. The van der Waals surface area contributed by atoms with Crippen LogP contribution in [0.1, 0.15) is 51.4 Å². The number of rotatable bonds is 7. The quantitative estimate of drug-likeness (QED) is 0.471. The van der Waals surface area contributed by atoms with E-state index in [9.17, 15) is 19.8 Å². The van der Waals surface area contributed by atoms with E-state index in [4.69, 9.17) is 9.47 Å². The third-order valence-electron chi connectivity index (χ3n) is 6.30. The molecule has 29 heavy (non-hydrogen) atoms. The number of nitrogens with one attached hydrogen (secondary N) is 2. The molecule has 2 heterocycles. The second kappa shape index (κ2) is 10.6. The van der Waals surface area contributed by atoms with E-state index in [1.54, 1.807) is 12.0 Å². The van der Waals surface area contributed by atoms with Crippen LogP contribution in [-0.4, -0.2) is 90.4 Å². The van der Waals surface area contributed by atoms with Gasteiger partial charge in [0.25, 0.3) is 0 Å². The zero-order chi connectivity index (χ0) is 20.8. The molecule has 1 aliphatic carbocycles. The molecule has 4 N–H and O–H groups in total. The summed E-state index contributed by atoms with van der Waals surface area (Å²) < 4.78 is 10.9. The second-order valence-electron chi connectivity index (χ2n) is 8.43. The topological polar surface area (TPSA) is 120 Å². The minimum atomic E-state index is -1.16. The van der Waals surface area contributed by atoms with E-state index in [1.807, 2.05) is 0 Å². The van der Waals surface area contributed by atoms with Crippen molar-refractivity contribution in [1.82, 2.24) is 15.5 Å². The lowest BCUT2D eigenvalue weighted by Crippen LogP contribution is -2.47. The third-order valence-corrected chi connectivity index (χ3v) is 6.30. The van der Waals surface area contributed by atoms with Crippen LogP contribution in [0.15, 0.2) is 0 Å². The summed E-state index contributed by atoms with van der Waals surface area (Å²) in [5.74, 6) is -0.107. The fraction of sp³-hybridized carbons (Fsp3) is 0.900. The molecule has 3 rings (SSSR count). The molecule has 0 radical (unpaired) electrons. The summed E-state index contributed by atoms with van der Waals surface area (Å²) in [6, 6.07) is -0.0484. The molecule has 9 heteroatoms. The van der Waals surface area contributed by atoms with Crippen LogP contribution >= 0.6 is 0 Å². The van der Waals surface area contributed by atoms with Crippen molar-refractivity contribution in [3.05, 3.63) is 0 Å². The van der Waals surface area contributed by atoms with Crippen molar-refractivity contribution in [3.8, 4) is 0 Å². The maximum Gasteiger partial charge on any atom is 0.315 e. The number of nitrogens with zero attached hydrogens (tertiary/aromatic N) is 1. The van der Waals surface area contributed by atoms with Gasteiger partial charge in [-0.3, -0.25) is 4.79 Å². The highest BCUT2D eigenvalue weighted by molar-refractivity contribution is 5.77. The molecule has 5 unspecified atom stereocenters. The van der Waals surface area contributed by atoms with Crippen molar-refractivity contribution in [3.63, 3.8) is 0 Å². The van der Waals surface area contributed by atoms with Crippen LogP contribution in [0.5, 0.6) is 0 Å². The Balaban J connectivity index is 1.44. The van der Waals surface area contributed by atoms with E-state index in [1.165, 1.54) is 6.42 Å². The molecule has 9 nitrogen and oxygen atoms in total. The van der Waals surface area contributed by atoms with Gasteiger partial charge in [0.1, 0.15) is 18.3 Å². The molecule has 0 spiro atoms. The lowest BCUT2D eigenvalue weighted by atomic mass is 9.96. The molecular weight excluding hydrogens is 378 g/mol. The maximum atomic E-state index is 12.7. The number of carbonyl (C=O) groups is 2. The monoisotopic (exact) mass is 413 g/mol. The van der Waals surface area contributed by atoms with E-state index in [0.717, 1.165) is 38.5 Å². The number of hydrogen-bond donors (Lipinski definition) is 4. The number of ether oxygens (including phenoxy) is 2. The largest absolute Gasteiger partial charge is 0.388 e. The van der Waals surface area contributed by atoms with E-state index < -0.39 is 24.4 Å². The number of carbonyl (C=O) groups excluding carboxylic acids is 2. The highest BCUT2D eigenvalue weighted by Crippen LogP contribution is 2.26. The number of methoxy groups -OCH3 is 1. The van der Waals surface area contributed by atoms with Gasteiger partial charge in [0, 0.05) is 26.2 Å². The van der Waals surface area contributed by atoms with Crippen LogP contribution in [-0.2, 0) is 14.3 Å². The normalized spacial score (nSPS) is 33.1.